The molecule has 0 spiro atoms. The molecule has 0 heterocycles. The highest BCUT2D eigenvalue weighted by Gasteiger charge is 2.12. The van der Waals surface area contributed by atoms with E-state index in [0.717, 1.165) is 28.2 Å². The van der Waals surface area contributed by atoms with Crippen LogP contribution in [0, 0.1) is 0 Å². The van der Waals surface area contributed by atoms with Gasteiger partial charge in [-0.2, -0.15) is 0 Å². The van der Waals surface area contributed by atoms with Gasteiger partial charge in [-0.3, -0.25) is 4.79 Å². The SMILES string of the molecule is CCC(=O)Oc1ccc(-c2ccc(N(c3ccccc3)c3ccccc3)cc2)cc1. The van der Waals surface area contributed by atoms with E-state index in [-0.39, 0.29) is 5.97 Å². The molecule has 0 radical (unpaired) electrons. The lowest BCUT2D eigenvalue weighted by molar-refractivity contribution is -0.134. The maximum absolute atomic E-state index is 11.4. The van der Waals surface area contributed by atoms with Gasteiger partial charge < -0.3 is 9.64 Å². The molecule has 0 fully saturated rings. The first-order valence-electron chi connectivity index (χ1n) is 10.1. The molecule has 0 N–H and O–H groups in total. The van der Waals surface area contributed by atoms with Gasteiger partial charge in [-0.25, -0.2) is 0 Å². The fourth-order valence-electron chi connectivity index (χ4n) is 3.32. The van der Waals surface area contributed by atoms with E-state index in [4.69, 9.17) is 4.74 Å². The van der Waals surface area contributed by atoms with Crippen molar-refractivity contribution in [1.82, 2.24) is 0 Å². The van der Waals surface area contributed by atoms with E-state index < -0.39 is 0 Å². The lowest BCUT2D eigenvalue weighted by Crippen LogP contribution is -2.09. The van der Waals surface area contributed by atoms with Crippen molar-refractivity contribution >= 4 is 23.0 Å². The summed E-state index contributed by atoms with van der Waals surface area (Å²) in [5, 5.41) is 0. The number of nitrogens with zero attached hydrogens (tertiary/aromatic N) is 1. The second kappa shape index (κ2) is 9.10. The summed E-state index contributed by atoms with van der Waals surface area (Å²) < 4.78 is 5.26. The maximum Gasteiger partial charge on any atom is 0.310 e. The zero-order chi connectivity index (χ0) is 20.8. The molecule has 0 aliphatic carbocycles. The van der Waals surface area contributed by atoms with E-state index in [2.05, 4.69) is 53.4 Å². The topological polar surface area (TPSA) is 29.5 Å². The second-order valence-corrected chi connectivity index (χ2v) is 6.91. The van der Waals surface area contributed by atoms with Crippen LogP contribution >= 0.6 is 0 Å². The largest absolute Gasteiger partial charge is 0.427 e. The van der Waals surface area contributed by atoms with Gasteiger partial charge in [0, 0.05) is 23.5 Å². The Bertz CT molecular complexity index is 1050. The van der Waals surface area contributed by atoms with Crippen molar-refractivity contribution in [3.8, 4) is 16.9 Å². The third-order valence-corrected chi connectivity index (χ3v) is 4.86. The average molecular weight is 393 g/mol. The van der Waals surface area contributed by atoms with Crippen LogP contribution < -0.4 is 9.64 Å². The van der Waals surface area contributed by atoms with Crippen molar-refractivity contribution in [2.75, 3.05) is 4.90 Å². The lowest BCUT2D eigenvalue weighted by Gasteiger charge is -2.25. The lowest BCUT2D eigenvalue weighted by atomic mass is 10.0. The molecule has 0 saturated heterocycles. The minimum Gasteiger partial charge on any atom is -0.427 e. The molecule has 0 atom stereocenters. The molecule has 0 aliphatic heterocycles. The van der Waals surface area contributed by atoms with Crippen LogP contribution in [0.3, 0.4) is 0 Å². The summed E-state index contributed by atoms with van der Waals surface area (Å²) in [5.74, 6) is 0.343. The Balaban J connectivity index is 1.62. The molecule has 3 nitrogen and oxygen atoms in total. The number of para-hydroxylation sites is 2. The van der Waals surface area contributed by atoms with E-state index in [1.54, 1.807) is 6.92 Å². The van der Waals surface area contributed by atoms with E-state index in [9.17, 15) is 4.79 Å². The number of benzene rings is 4. The van der Waals surface area contributed by atoms with Gasteiger partial charge in [-0.1, -0.05) is 67.6 Å². The first kappa shape index (κ1) is 19.5. The third-order valence-electron chi connectivity index (χ3n) is 4.86. The number of anilines is 3. The summed E-state index contributed by atoms with van der Waals surface area (Å²) in [7, 11) is 0. The van der Waals surface area contributed by atoms with Gasteiger partial charge in [0.15, 0.2) is 0 Å². The van der Waals surface area contributed by atoms with Gasteiger partial charge in [-0.15, -0.1) is 0 Å². The standard InChI is InChI=1S/C27H23NO2/c1-2-27(29)30-26-19-15-22(16-20-26)21-13-17-25(18-14-21)28(23-9-5-3-6-10-23)24-11-7-4-8-12-24/h3-20H,2H2,1H3. The molecule has 4 aromatic carbocycles. The first-order chi connectivity index (χ1) is 14.7. The smallest absolute Gasteiger partial charge is 0.310 e. The number of esters is 1. The molecule has 0 bridgehead atoms. The van der Waals surface area contributed by atoms with Crippen LogP contribution in [-0.2, 0) is 4.79 Å². The molecule has 4 rings (SSSR count). The quantitative estimate of drug-likeness (QED) is 0.257. The van der Waals surface area contributed by atoms with Gasteiger partial charge in [0.1, 0.15) is 5.75 Å². The zero-order valence-electron chi connectivity index (χ0n) is 16.9. The van der Waals surface area contributed by atoms with Crippen LogP contribution in [0.5, 0.6) is 5.75 Å². The highest BCUT2D eigenvalue weighted by molar-refractivity contribution is 5.78. The van der Waals surface area contributed by atoms with Crippen LogP contribution in [0.25, 0.3) is 11.1 Å². The summed E-state index contributed by atoms with van der Waals surface area (Å²) in [6.07, 6.45) is 0.364. The first-order valence-corrected chi connectivity index (χ1v) is 10.1. The van der Waals surface area contributed by atoms with Crippen LogP contribution in [-0.4, -0.2) is 5.97 Å². The molecule has 0 saturated carbocycles. The molecule has 4 aromatic rings. The van der Waals surface area contributed by atoms with Crippen molar-refractivity contribution in [3.63, 3.8) is 0 Å². The highest BCUT2D eigenvalue weighted by atomic mass is 16.5. The van der Waals surface area contributed by atoms with Crippen molar-refractivity contribution in [1.29, 1.82) is 0 Å². The fourth-order valence-corrected chi connectivity index (χ4v) is 3.32. The Labute approximate surface area is 177 Å². The molecule has 3 heteroatoms. The summed E-state index contributed by atoms with van der Waals surface area (Å²) in [6, 6.07) is 36.8. The maximum atomic E-state index is 11.4. The number of carbonyl (C=O) groups excluding carboxylic acids is 1. The van der Waals surface area contributed by atoms with Gasteiger partial charge in [0.2, 0.25) is 0 Å². The van der Waals surface area contributed by atoms with E-state index in [1.807, 2.05) is 60.7 Å². The minimum atomic E-state index is -0.228. The van der Waals surface area contributed by atoms with E-state index >= 15 is 0 Å². The van der Waals surface area contributed by atoms with Gasteiger partial charge >= 0.3 is 5.97 Å². The molecular weight excluding hydrogens is 370 g/mol. The average Bonchev–Trinajstić information content (AvgIpc) is 2.82. The Morgan fingerprint density at radius 1 is 0.633 bits per heavy atom. The number of ether oxygens (including phenoxy) is 1. The number of hydrogen-bond donors (Lipinski definition) is 0. The summed E-state index contributed by atoms with van der Waals surface area (Å²) in [5.41, 5.74) is 5.48. The Kier molecular flexibility index (Phi) is 5.90. The molecule has 0 aromatic heterocycles. The van der Waals surface area contributed by atoms with Crippen LogP contribution in [0.4, 0.5) is 17.1 Å². The van der Waals surface area contributed by atoms with Crippen molar-refractivity contribution < 1.29 is 9.53 Å². The number of rotatable bonds is 6. The molecule has 0 amide bonds. The van der Waals surface area contributed by atoms with E-state index in [0.29, 0.717) is 12.2 Å². The van der Waals surface area contributed by atoms with Crippen LogP contribution in [0.1, 0.15) is 13.3 Å². The molecule has 0 unspecified atom stereocenters. The fraction of sp³-hybridized carbons (Fsp3) is 0.0741. The third kappa shape index (κ3) is 4.41. The van der Waals surface area contributed by atoms with Gasteiger partial charge in [-0.05, 0) is 59.7 Å². The monoisotopic (exact) mass is 393 g/mol. The number of carbonyl (C=O) groups is 1. The predicted octanol–water partition coefficient (Wildman–Crippen LogP) is 7.14. The minimum absolute atomic E-state index is 0.228. The second-order valence-electron chi connectivity index (χ2n) is 6.91. The molecular formula is C27H23NO2. The number of hydrogen-bond acceptors (Lipinski definition) is 3. The van der Waals surface area contributed by atoms with Crippen molar-refractivity contribution in [2.45, 2.75) is 13.3 Å². The predicted molar refractivity (Wildman–Crippen MR) is 122 cm³/mol. The van der Waals surface area contributed by atoms with Crippen molar-refractivity contribution in [3.05, 3.63) is 109 Å². The van der Waals surface area contributed by atoms with E-state index in [1.165, 1.54) is 0 Å². The van der Waals surface area contributed by atoms with Gasteiger partial charge in [0.25, 0.3) is 0 Å². The zero-order valence-corrected chi connectivity index (χ0v) is 16.9. The Hall–Kier alpha value is -3.85. The summed E-state index contributed by atoms with van der Waals surface area (Å²) in [4.78, 5) is 13.7. The summed E-state index contributed by atoms with van der Waals surface area (Å²) >= 11 is 0. The Morgan fingerprint density at radius 3 is 1.53 bits per heavy atom. The normalized spacial score (nSPS) is 10.4. The highest BCUT2D eigenvalue weighted by Crippen LogP contribution is 2.35. The summed E-state index contributed by atoms with van der Waals surface area (Å²) in [6.45, 7) is 1.78. The van der Waals surface area contributed by atoms with Crippen LogP contribution in [0.15, 0.2) is 109 Å². The van der Waals surface area contributed by atoms with Crippen molar-refractivity contribution in [2.24, 2.45) is 0 Å². The molecule has 0 aliphatic rings. The Morgan fingerprint density at radius 2 is 1.07 bits per heavy atom. The van der Waals surface area contributed by atoms with Crippen LogP contribution in [0.2, 0.25) is 0 Å². The molecule has 30 heavy (non-hydrogen) atoms. The molecule has 148 valence electrons. The van der Waals surface area contributed by atoms with Gasteiger partial charge in [0.05, 0.1) is 0 Å².